The molecule has 84 valence electrons. The highest BCUT2D eigenvalue weighted by Gasteiger charge is 2.11. The van der Waals surface area contributed by atoms with Crippen LogP contribution in [0.1, 0.15) is 5.69 Å². The van der Waals surface area contributed by atoms with Crippen molar-refractivity contribution in [2.45, 2.75) is 6.92 Å². The third-order valence-electron chi connectivity index (χ3n) is 2.42. The molecule has 0 saturated carbocycles. The van der Waals surface area contributed by atoms with Gasteiger partial charge in [0.25, 0.3) is 5.56 Å². The Kier molecular flexibility index (Phi) is 2.34. The van der Waals surface area contributed by atoms with E-state index < -0.39 is 0 Å². The lowest BCUT2D eigenvalue weighted by Crippen LogP contribution is -2.23. The van der Waals surface area contributed by atoms with Crippen molar-refractivity contribution in [3.63, 3.8) is 0 Å². The molecule has 2 heterocycles. The highest BCUT2D eigenvalue weighted by Crippen LogP contribution is 2.17. The van der Waals surface area contributed by atoms with E-state index in [1.54, 1.807) is 14.0 Å². The average Bonchev–Trinajstić information content (AvgIpc) is 2.25. The molecule has 0 aromatic carbocycles. The Morgan fingerprint density at radius 2 is 2.00 bits per heavy atom. The Bertz CT molecular complexity index is 602. The van der Waals surface area contributed by atoms with E-state index in [1.807, 2.05) is 19.0 Å². The van der Waals surface area contributed by atoms with E-state index in [9.17, 15) is 4.79 Å². The number of hydrogen-bond donors (Lipinski definition) is 0. The van der Waals surface area contributed by atoms with E-state index in [0.717, 1.165) is 0 Å². The summed E-state index contributed by atoms with van der Waals surface area (Å²) in [5.74, 6) is 0.712. The lowest BCUT2D eigenvalue weighted by Gasteiger charge is -2.13. The Morgan fingerprint density at radius 1 is 1.31 bits per heavy atom. The van der Waals surface area contributed by atoms with Gasteiger partial charge >= 0.3 is 0 Å². The van der Waals surface area contributed by atoms with E-state index >= 15 is 0 Å². The van der Waals surface area contributed by atoms with Crippen molar-refractivity contribution in [1.82, 2.24) is 19.5 Å². The Balaban J connectivity index is 2.95. The van der Waals surface area contributed by atoms with Crippen LogP contribution in [0, 0.1) is 6.92 Å². The van der Waals surface area contributed by atoms with Crippen molar-refractivity contribution >= 4 is 17.0 Å². The van der Waals surface area contributed by atoms with Crippen LogP contribution in [-0.2, 0) is 7.05 Å². The maximum absolute atomic E-state index is 11.7. The standard InChI is InChI=1S/C10H13N5O/c1-6-10(16)15(4)9-7(13-6)8(14(2)3)11-5-12-9/h5H,1-4H3. The topological polar surface area (TPSA) is 63.9 Å². The van der Waals surface area contributed by atoms with Crippen molar-refractivity contribution in [2.75, 3.05) is 19.0 Å². The van der Waals surface area contributed by atoms with E-state index in [-0.39, 0.29) is 5.56 Å². The molecule has 0 atom stereocenters. The van der Waals surface area contributed by atoms with Crippen LogP contribution in [0.3, 0.4) is 0 Å². The molecular formula is C10H13N5O. The van der Waals surface area contributed by atoms with Crippen LogP contribution < -0.4 is 10.5 Å². The van der Waals surface area contributed by atoms with Gasteiger partial charge in [-0.05, 0) is 6.92 Å². The number of aryl methyl sites for hydroxylation is 2. The van der Waals surface area contributed by atoms with Gasteiger partial charge in [-0.25, -0.2) is 15.0 Å². The van der Waals surface area contributed by atoms with E-state index in [0.29, 0.717) is 22.7 Å². The second-order valence-electron chi connectivity index (χ2n) is 3.83. The minimum Gasteiger partial charge on any atom is -0.361 e. The summed E-state index contributed by atoms with van der Waals surface area (Å²) in [5, 5.41) is 0. The first-order chi connectivity index (χ1) is 7.52. The van der Waals surface area contributed by atoms with Gasteiger partial charge in [-0.15, -0.1) is 0 Å². The number of rotatable bonds is 1. The van der Waals surface area contributed by atoms with Crippen LogP contribution in [-0.4, -0.2) is 33.6 Å². The normalized spacial score (nSPS) is 10.8. The third-order valence-corrected chi connectivity index (χ3v) is 2.42. The Morgan fingerprint density at radius 3 is 2.62 bits per heavy atom. The maximum Gasteiger partial charge on any atom is 0.273 e. The van der Waals surface area contributed by atoms with Gasteiger partial charge in [0.05, 0.1) is 0 Å². The highest BCUT2D eigenvalue weighted by atomic mass is 16.1. The molecule has 0 aliphatic rings. The molecular weight excluding hydrogens is 206 g/mol. The number of hydrogen-bond acceptors (Lipinski definition) is 5. The van der Waals surface area contributed by atoms with E-state index in [2.05, 4.69) is 15.0 Å². The Hall–Kier alpha value is -1.98. The second kappa shape index (κ2) is 3.55. The summed E-state index contributed by atoms with van der Waals surface area (Å²) in [6.45, 7) is 1.69. The maximum atomic E-state index is 11.7. The van der Waals surface area contributed by atoms with Gasteiger partial charge in [-0.1, -0.05) is 0 Å². The number of nitrogens with zero attached hydrogens (tertiary/aromatic N) is 5. The molecule has 16 heavy (non-hydrogen) atoms. The summed E-state index contributed by atoms with van der Waals surface area (Å²) in [4.78, 5) is 26.0. The first-order valence-electron chi connectivity index (χ1n) is 4.88. The van der Waals surface area contributed by atoms with Crippen LogP contribution in [0.15, 0.2) is 11.1 Å². The van der Waals surface area contributed by atoms with Crippen molar-refractivity contribution < 1.29 is 0 Å². The van der Waals surface area contributed by atoms with Gasteiger partial charge in [-0.3, -0.25) is 9.36 Å². The molecule has 6 heteroatoms. The molecule has 0 spiro atoms. The monoisotopic (exact) mass is 219 g/mol. The predicted octanol–water partition coefficient (Wildman–Crippen LogP) is 0.0979. The lowest BCUT2D eigenvalue weighted by molar-refractivity contribution is 0.848. The van der Waals surface area contributed by atoms with Crippen LogP contribution in [0.2, 0.25) is 0 Å². The van der Waals surface area contributed by atoms with E-state index in [4.69, 9.17) is 0 Å². The first-order valence-corrected chi connectivity index (χ1v) is 4.88. The Labute approximate surface area is 92.6 Å². The molecule has 2 aromatic rings. The minimum atomic E-state index is -0.129. The van der Waals surface area contributed by atoms with E-state index in [1.165, 1.54) is 10.9 Å². The molecule has 0 saturated heterocycles. The summed E-state index contributed by atoms with van der Waals surface area (Å²) >= 11 is 0. The fourth-order valence-corrected chi connectivity index (χ4v) is 1.59. The van der Waals surface area contributed by atoms with Gasteiger partial charge in [0, 0.05) is 21.1 Å². The molecule has 0 N–H and O–H groups in total. The second-order valence-corrected chi connectivity index (χ2v) is 3.83. The molecule has 0 aliphatic carbocycles. The quantitative estimate of drug-likeness (QED) is 0.680. The summed E-state index contributed by atoms with van der Waals surface area (Å²) in [7, 11) is 5.44. The molecule has 6 nitrogen and oxygen atoms in total. The molecule has 0 fully saturated rings. The zero-order valence-corrected chi connectivity index (χ0v) is 9.72. The average molecular weight is 219 g/mol. The predicted molar refractivity (Wildman–Crippen MR) is 61.6 cm³/mol. The van der Waals surface area contributed by atoms with Crippen LogP contribution >= 0.6 is 0 Å². The van der Waals surface area contributed by atoms with Gasteiger partial charge in [0.2, 0.25) is 0 Å². The fourth-order valence-electron chi connectivity index (χ4n) is 1.59. The van der Waals surface area contributed by atoms with Crippen molar-refractivity contribution in [3.05, 3.63) is 22.4 Å². The summed E-state index contributed by atoms with van der Waals surface area (Å²) in [6.07, 6.45) is 1.44. The molecule has 0 unspecified atom stereocenters. The van der Waals surface area contributed by atoms with Gasteiger partial charge in [-0.2, -0.15) is 0 Å². The van der Waals surface area contributed by atoms with Gasteiger partial charge < -0.3 is 4.90 Å². The number of aromatic nitrogens is 4. The van der Waals surface area contributed by atoms with Crippen molar-refractivity contribution in [1.29, 1.82) is 0 Å². The van der Waals surface area contributed by atoms with Gasteiger partial charge in [0.15, 0.2) is 11.5 Å². The van der Waals surface area contributed by atoms with Crippen molar-refractivity contribution in [3.8, 4) is 0 Å². The summed E-state index contributed by atoms with van der Waals surface area (Å²) in [6, 6.07) is 0. The molecule has 0 aliphatic heterocycles. The lowest BCUT2D eigenvalue weighted by atomic mass is 10.4. The van der Waals surface area contributed by atoms with Crippen molar-refractivity contribution in [2.24, 2.45) is 7.05 Å². The molecule has 2 rings (SSSR count). The zero-order chi connectivity index (χ0) is 11.9. The minimum absolute atomic E-state index is 0.129. The SMILES string of the molecule is Cc1nc2c(N(C)C)ncnc2n(C)c1=O. The third kappa shape index (κ3) is 1.42. The molecule has 0 bridgehead atoms. The van der Waals surface area contributed by atoms with Crippen LogP contribution in [0.4, 0.5) is 5.82 Å². The van der Waals surface area contributed by atoms with Crippen LogP contribution in [0.25, 0.3) is 11.2 Å². The zero-order valence-electron chi connectivity index (χ0n) is 9.72. The molecule has 0 radical (unpaired) electrons. The highest BCUT2D eigenvalue weighted by molar-refractivity contribution is 5.82. The molecule has 2 aromatic heterocycles. The number of fused-ring (bicyclic) bond motifs is 1. The first kappa shape index (κ1) is 10.5. The smallest absolute Gasteiger partial charge is 0.273 e. The summed E-state index contributed by atoms with van der Waals surface area (Å²) in [5.41, 5.74) is 1.52. The molecule has 0 amide bonds. The largest absolute Gasteiger partial charge is 0.361 e. The fraction of sp³-hybridized carbons (Fsp3) is 0.400. The van der Waals surface area contributed by atoms with Gasteiger partial charge in [0.1, 0.15) is 17.5 Å². The van der Waals surface area contributed by atoms with Crippen LogP contribution in [0.5, 0.6) is 0 Å². The summed E-state index contributed by atoms with van der Waals surface area (Å²) < 4.78 is 1.49. The number of anilines is 1.